The molecule has 0 fully saturated rings. The Labute approximate surface area is 108 Å². The number of ether oxygens (including phenoxy) is 1. The topological polar surface area (TPSA) is 49.8 Å². The van der Waals surface area contributed by atoms with Crippen LogP contribution in [0.5, 0.6) is 5.75 Å². The third-order valence-corrected chi connectivity index (χ3v) is 2.67. The smallest absolute Gasteiger partial charge is 0.307 e. The molecule has 4 nitrogen and oxygen atoms in total. The number of nitrogens with zero attached hydrogens (tertiary/aromatic N) is 1. The first kappa shape index (κ1) is 14.5. The van der Waals surface area contributed by atoms with Crippen LogP contribution in [0.4, 0.5) is 0 Å². The zero-order chi connectivity index (χ0) is 13.5. The SMILES string of the molecule is CCOc1cccc(CN(C)CC(C)C(=O)O)c1. The predicted molar refractivity (Wildman–Crippen MR) is 70.7 cm³/mol. The van der Waals surface area contributed by atoms with Crippen molar-refractivity contribution in [2.75, 3.05) is 20.2 Å². The molecule has 0 radical (unpaired) electrons. The fourth-order valence-corrected chi connectivity index (χ4v) is 1.82. The largest absolute Gasteiger partial charge is 0.494 e. The Hall–Kier alpha value is -1.55. The quantitative estimate of drug-likeness (QED) is 0.807. The molecule has 0 saturated heterocycles. The molecule has 100 valence electrons. The maximum absolute atomic E-state index is 10.8. The molecule has 0 aliphatic heterocycles. The van der Waals surface area contributed by atoms with E-state index in [-0.39, 0.29) is 5.92 Å². The average Bonchev–Trinajstić information content (AvgIpc) is 2.29. The Kier molecular flexibility index (Phi) is 5.65. The van der Waals surface area contributed by atoms with Crippen LogP contribution in [0.25, 0.3) is 0 Å². The fourth-order valence-electron chi connectivity index (χ4n) is 1.82. The van der Waals surface area contributed by atoms with Crippen LogP contribution in [0.3, 0.4) is 0 Å². The third kappa shape index (κ3) is 4.75. The van der Waals surface area contributed by atoms with Crippen molar-refractivity contribution in [3.8, 4) is 5.75 Å². The van der Waals surface area contributed by atoms with E-state index in [2.05, 4.69) is 0 Å². The fraction of sp³-hybridized carbons (Fsp3) is 0.500. The normalized spacial score (nSPS) is 12.4. The number of carbonyl (C=O) groups is 1. The van der Waals surface area contributed by atoms with Crippen LogP contribution in [0, 0.1) is 5.92 Å². The first-order valence-electron chi connectivity index (χ1n) is 6.16. The van der Waals surface area contributed by atoms with Crippen LogP contribution in [0.15, 0.2) is 24.3 Å². The van der Waals surface area contributed by atoms with E-state index in [9.17, 15) is 4.79 Å². The number of carboxylic acid groups (broad SMARTS) is 1. The molecule has 0 aliphatic rings. The van der Waals surface area contributed by atoms with E-state index in [0.29, 0.717) is 13.2 Å². The van der Waals surface area contributed by atoms with E-state index in [1.807, 2.05) is 43.1 Å². The lowest BCUT2D eigenvalue weighted by atomic mass is 10.1. The summed E-state index contributed by atoms with van der Waals surface area (Å²) in [7, 11) is 1.92. The molecule has 1 unspecified atom stereocenters. The van der Waals surface area contributed by atoms with Gasteiger partial charge in [-0.05, 0) is 31.7 Å². The molecule has 1 aromatic carbocycles. The molecule has 18 heavy (non-hydrogen) atoms. The highest BCUT2D eigenvalue weighted by molar-refractivity contribution is 5.69. The van der Waals surface area contributed by atoms with Crippen molar-refractivity contribution in [1.82, 2.24) is 4.90 Å². The van der Waals surface area contributed by atoms with Gasteiger partial charge < -0.3 is 14.7 Å². The van der Waals surface area contributed by atoms with E-state index >= 15 is 0 Å². The summed E-state index contributed by atoms with van der Waals surface area (Å²) in [5, 5.41) is 8.86. The summed E-state index contributed by atoms with van der Waals surface area (Å²) in [6.45, 7) is 5.57. The number of benzene rings is 1. The summed E-state index contributed by atoms with van der Waals surface area (Å²) >= 11 is 0. The third-order valence-electron chi connectivity index (χ3n) is 2.67. The van der Waals surface area contributed by atoms with Crippen LogP contribution in [0.1, 0.15) is 19.4 Å². The van der Waals surface area contributed by atoms with Crippen molar-refractivity contribution < 1.29 is 14.6 Å². The summed E-state index contributed by atoms with van der Waals surface area (Å²) in [5.41, 5.74) is 1.13. The number of carboxylic acids is 1. The number of hydrogen-bond acceptors (Lipinski definition) is 3. The van der Waals surface area contributed by atoms with Gasteiger partial charge in [-0.15, -0.1) is 0 Å². The van der Waals surface area contributed by atoms with Gasteiger partial charge in [-0.3, -0.25) is 4.79 Å². The van der Waals surface area contributed by atoms with Gasteiger partial charge in [0, 0.05) is 13.1 Å². The number of rotatable bonds is 7. The number of aliphatic carboxylic acids is 1. The second kappa shape index (κ2) is 7.01. The molecular weight excluding hydrogens is 230 g/mol. The van der Waals surface area contributed by atoms with Gasteiger partial charge in [0.1, 0.15) is 5.75 Å². The molecular formula is C14H21NO3. The first-order chi connectivity index (χ1) is 8.52. The van der Waals surface area contributed by atoms with Gasteiger partial charge in [0.05, 0.1) is 12.5 Å². The zero-order valence-electron chi connectivity index (χ0n) is 11.2. The molecule has 0 aliphatic carbocycles. The molecule has 0 aromatic heterocycles. The zero-order valence-corrected chi connectivity index (χ0v) is 11.2. The molecule has 0 bridgehead atoms. The Morgan fingerprint density at radius 2 is 2.22 bits per heavy atom. The monoisotopic (exact) mass is 251 g/mol. The van der Waals surface area contributed by atoms with Gasteiger partial charge in [-0.1, -0.05) is 19.1 Å². The minimum Gasteiger partial charge on any atom is -0.494 e. The van der Waals surface area contributed by atoms with Crippen molar-refractivity contribution >= 4 is 5.97 Å². The van der Waals surface area contributed by atoms with Crippen LogP contribution in [-0.4, -0.2) is 36.2 Å². The summed E-state index contributed by atoms with van der Waals surface area (Å²) in [6.07, 6.45) is 0. The van der Waals surface area contributed by atoms with Crippen LogP contribution < -0.4 is 4.74 Å². The lowest BCUT2D eigenvalue weighted by molar-refractivity contribution is -0.141. The average molecular weight is 251 g/mol. The maximum atomic E-state index is 10.8. The molecule has 1 aromatic rings. The van der Waals surface area contributed by atoms with Crippen molar-refractivity contribution in [2.24, 2.45) is 5.92 Å². The van der Waals surface area contributed by atoms with Gasteiger partial charge in [0.2, 0.25) is 0 Å². The predicted octanol–water partition coefficient (Wildman–Crippen LogP) is 2.24. The lowest BCUT2D eigenvalue weighted by Crippen LogP contribution is -2.28. The van der Waals surface area contributed by atoms with E-state index in [0.717, 1.165) is 17.9 Å². The molecule has 0 saturated carbocycles. The van der Waals surface area contributed by atoms with Crippen molar-refractivity contribution in [1.29, 1.82) is 0 Å². The van der Waals surface area contributed by atoms with Crippen LogP contribution >= 0.6 is 0 Å². The Morgan fingerprint density at radius 1 is 1.50 bits per heavy atom. The molecule has 0 spiro atoms. The Morgan fingerprint density at radius 3 is 2.83 bits per heavy atom. The first-order valence-corrected chi connectivity index (χ1v) is 6.16. The standard InChI is InChI=1S/C14H21NO3/c1-4-18-13-7-5-6-12(8-13)10-15(3)9-11(2)14(16)17/h5-8,11H,4,9-10H2,1-3H3,(H,16,17). The maximum Gasteiger partial charge on any atom is 0.307 e. The highest BCUT2D eigenvalue weighted by Gasteiger charge is 2.13. The van der Waals surface area contributed by atoms with Crippen LogP contribution in [0.2, 0.25) is 0 Å². The Bertz CT molecular complexity index is 392. The molecule has 1 N–H and O–H groups in total. The van der Waals surface area contributed by atoms with Gasteiger partial charge in [-0.25, -0.2) is 0 Å². The Balaban J connectivity index is 2.55. The summed E-state index contributed by atoms with van der Waals surface area (Å²) < 4.78 is 5.43. The highest BCUT2D eigenvalue weighted by atomic mass is 16.5. The van der Waals surface area contributed by atoms with Crippen LogP contribution in [-0.2, 0) is 11.3 Å². The van der Waals surface area contributed by atoms with Crippen molar-refractivity contribution in [3.63, 3.8) is 0 Å². The summed E-state index contributed by atoms with van der Waals surface area (Å²) in [4.78, 5) is 12.8. The second-order valence-corrected chi connectivity index (χ2v) is 4.52. The minimum absolute atomic E-state index is 0.356. The minimum atomic E-state index is -0.759. The van der Waals surface area contributed by atoms with E-state index < -0.39 is 5.97 Å². The van der Waals surface area contributed by atoms with E-state index in [4.69, 9.17) is 9.84 Å². The van der Waals surface area contributed by atoms with Gasteiger partial charge in [0.25, 0.3) is 0 Å². The lowest BCUT2D eigenvalue weighted by Gasteiger charge is -2.19. The van der Waals surface area contributed by atoms with Gasteiger partial charge in [0.15, 0.2) is 0 Å². The van der Waals surface area contributed by atoms with Crippen molar-refractivity contribution in [2.45, 2.75) is 20.4 Å². The molecule has 1 atom stereocenters. The van der Waals surface area contributed by atoms with Crippen molar-refractivity contribution in [3.05, 3.63) is 29.8 Å². The molecule has 4 heteroatoms. The molecule has 0 heterocycles. The molecule has 0 amide bonds. The van der Waals surface area contributed by atoms with Gasteiger partial charge in [-0.2, -0.15) is 0 Å². The number of hydrogen-bond donors (Lipinski definition) is 1. The summed E-state index contributed by atoms with van der Waals surface area (Å²) in [5.74, 6) is -0.260. The second-order valence-electron chi connectivity index (χ2n) is 4.52. The molecule has 1 rings (SSSR count). The highest BCUT2D eigenvalue weighted by Crippen LogP contribution is 2.15. The van der Waals surface area contributed by atoms with E-state index in [1.165, 1.54) is 0 Å². The summed E-state index contributed by atoms with van der Waals surface area (Å²) in [6, 6.07) is 7.89. The van der Waals surface area contributed by atoms with E-state index in [1.54, 1.807) is 6.92 Å². The van der Waals surface area contributed by atoms with Gasteiger partial charge >= 0.3 is 5.97 Å².